The second-order valence-electron chi connectivity index (χ2n) is 3.02. The van der Waals surface area contributed by atoms with E-state index >= 15 is 0 Å². The van der Waals surface area contributed by atoms with Gasteiger partial charge in [0.15, 0.2) is 0 Å². The molecule has 1 heterocycles. The number of ether oxygens (including phenoxy) is 1. The topological polar surface area (TPSA) is 21.3 Å². The lowest BCUT2D eigenvalue weighted by atomic mass is 10.2. The van der Waals surface area contributed by atoms with E-state index in [0.29, 0.717) is 18.2 Å². The Kier molecular flexibility index (Phi) is 2.09. The molecule has 2 unspecified atom stereocenters. The van der Waals surface area contributed by atoms with E-state index in [0.717, 1.165) is 6.54 Å². The maximum Gasteiger partial charge on any atom is 0.110 e. The average Bonchev–Trinajstić information content (AvgIpc) is 2.14. The maximum atomic E-state index is 5.51. The molecule has 0 aromatic heterocycles. The summed E-state index contributed by atoms with van der Waals surface area (Å²) >= 11 is 0. The third kappa shape index (κ3) is 1.66. The summed E-state index contributed by atoms with van der Waals surface area (Å²) in [4.78, 5) is 0. The van der Waals surface area contributed by atoms with Gasteiger partial charge >= 0.3 is 0 Å². The zero-order chi connectivity index (χ0) is 6.85. The van der Waals surface area contributed by atoms with E-state index in [9.17, 15) is 0 Å². The van der Waals surface area contributed by atoms with Gasteiger partial charge in [-0.25, -0.2) is 0 Å². The molecule has 1 aliphatic rings. The first-order chi connectivity index (χ1) is 4.20. The quantitative estimate of drug-likeness (QED) is 0.569. The molecule has 0 amide bonds. The second kappa shape index (κ2) is 2.67. The normalized spacial score (nSPS) is 36.0. The summed E-state index contributed by atoms with van der Waals surface area (Å²) in [6.07, 6.45) is 0.692. The highest BCUT2D eigenvalue weighted by atomic mass is 16.5. The molecule has 1 fully saturated rings. The van der Waals surface area contributed by atoms with Crippen molar-refractivity contribution >= 4 is 0 Å². The zero-order valence-electron chi connectivity index (χ0n) is 6.35. The molecule has 0 radical (unpaired) electrons. The van der Waals surface area contributed by atoms with Crippen LogP contribution in [0.15, 0.2) is 0 Å². The zero-order valence-corrected chi connectivity index (χ0v) is 6.35. The lowest BCUT2D eigenvalue weighted by molar-refractivity contribution is 0.0228. The molecular formula is C7H15NO. The van der Waals surface area contributed by atoms with Crippen molar-refractivity contribution in [3.63, 3.8) is 0 Å². The van der Waals surface area contributed by atoms with Gasteiger partial charge in [-0.2, -0.15) is 0 Å². The summed E-state index contributed by atoms with van der Waals surface area (Å²) in [6.45, 7) is 7.42. The van der Waals surface area contributed by atoms with Crippen LogP contribution in [-0.4, -0.2) is 18.9 Å². The third-order valence-corrected chi connectivity index (χ3v) is 1.59. The molecule has 54 valence electrons. The van der Waals surface area contributed by atoms with Gasteiger partial charge in [0.1, 0.15) is 6.23 Å². The van der Waals surface area contributed by atoms with Gasteiger partial charge in [0.05, 0.1) is 6.10 Å². The molecule has 1 aliphatic heterocycles. The first-order valence-corrected chi connectivity index (χ1v) is 3.59. The van der Waals surface area contributed by atoms with Gasteiger partial charge in [0.25, 0.3) is 0 Å². The molecule has 0 aromatic carbocycles. The van der Waals surface area contributed by atoms with Crippen molar-refractivity contribution in [3.05, 3.63) is 0 Å². The highest BCUT2D eigenvalue weighted by Crippen LogP contribution is 2.11. The SMILES string of the molecule is CC1CNC(C(C)C)O1. The van der Waals surface area contributed by atoms with Crippen molar-refractivity contribution < 1.29 is 4.74 Å². The minimum absolute atomic E-state index is 0.292. The Balaban J connectivity index is 2.30. The van der Waals surface area contributed by atoms with Gasteiger partial charge in [0, 0.05) is 6.54 Å². The van der Waals surface area contributed by atoms with E-state index in [-0.39, 0.29) is 0 Å². The highest BCUT2D eigenvalue weighted by molar-refractivity contribution is 4.71. The van der Waals surface area contributed by atoms with Crippen LogP contribution in [0.2, 0.25) is 0 Å². The number of rotatable bonds is 1. The summed E-state index contributed by atoms with van der Waals surface area (Å²) < 4.78 is 5.51. The molecule has 9 heavy (non-hydrogen) atoms. The fraction of sp³-hybridized carbons (Fsp3) is 1.00. The Morgan fingerprint density at radius 2 is 2.22 bits per heavy atom. The van der Waals surface area contributed by atoms with Crippen LogP contribution in [-0.2, 0) is 4.74 Å². The predicted octanol–water partition coefficient (Wildman–Crippen LogP) is 0.977. The van der Waals surface area contributed by atoms with E-state index in [2.05, 4.69) is 26.1 Å². The van der Waals surface area contributed by atoms with Crippen LogP contribution in [0.1, 0.15) is 20.8 Å². The summed E-state index contributed by atoms with van der Waals surface area (Å²) in [5.41, 5.74) is 0. The Morgan fingerprint density at radius 3 is 2.44 bits per heavy atom. The molecule has 0 bridgehead atoms. The maximum absolute atomic E-state index is 5.51. The van der Waals surface area contributed by atoms with E-state index in [1.54, 1.807) is 0 Å². The van der Waals surface area contributed by atoms with Crippen LogP contribution in [0.5, 0.6) is 0 Å². The van der Waals surface area contributed by atoms with Gasteiger partial charge in [-0.3, -0.25) is 5.32 Å². The molecule has 2 nitrogen and oxygen atoms in total. The van der Waals surface area contributed by atoms with Crippen LogP contribution in [0, 0.1) is 5.92 Å². The van der Waals surface area contributed by atoms with Gasteiger partial charge in [-0.15, -0.1) is 0 Å². The Labute approximate surface area is 56.6 Å². The number of nitrogens with one attached hydrogen (secondary N) is 1. The Morgan fingerprint density at radius 1 is 1.56 bits per heavy atom. The van der Waals surface area contributed by atoms with Crippen molar-refractivity contribution in [1.82, 2.24) is 5.32 Å². The largest absolute Gasteiger partial charge is 0.359 e. The van der Waals surface area contributed by atoms with Crippen molar-refractivity contribution in [2.45, 2.75) is 33.1 Å². The summed E-state index contributed by atoms with van der Waals surface area (Å²) in [7, 11) is 0. The monoisotopic (exact) mass is 129 g/mol. The van der Waals surface area contributed by atoms with E-state index in [1.165, 1.54) is 0 Å². The minimum atomic E-state index is 0.292. The summed E-state index contributed by atoms with van der Waals surface area (Å²) in [5.74, 6) is 0.593. The van der Waals surface area contributed by atoms with Crippen LogP contribution < -0.4 is 5.32 Å². The lowest BCUT2D eigenvalue weighted by Gasteiger charge is -2.13. The number of hydrogen-bond acceptors (Lipinski definition) is 2. The average molecular weight is 129 g/mol. The van der Waals surface area contributed by atoms with Crippen LogP contribution in [0.3, 0.4) is 0 Å². The Hall–Kier alpha value is -0.0800. The fourth-order valence-electron chi connectivity index (χ4n) is 1.02. The molecule has 2 atom stereocenters. The summed E-state index contributed by atoms with van der Waals surface area (Å²) in [5, 5.41) is 3.28. The smallest absolute Gasteiger partial charge is 0.110 e. The molecule has 0 aliphatic carbocycles. The highest BCUT2D eigenvalue weighted by Gasteiger charge is 2.22. The Bertz CT molecular complexity index is 92.9. The van der Waals surface area contributed by atoms with Gasteiger partial charge in [-0.1, -0.05) is 13.8 Å². The molecule has 1 saturated heterocycles. The predicted molar refractivity (Wildman–Crippen MR) is 37.2 cm³/mol. The van der Waals surface area contributed by atoms with Crippen molar-refractivity contribution in [1.29, 1.82) is 0 Å². The molecule has 0 saturated carbocycles. The van der Waals surface area contributed by atoms with Gasteiger partial charge in [-0.05, 0) is 12.8 Å². The molecule has 2 heteroatoms. The van der Waals surface area contributed by atoms with Gasteiger partial charge < -0.3 is 4.74 Å². The standard InChI is InChI=1S/C7H15NO/c1-5(2)7-8-4-6(3)9-7/h5-8H,4H2,1-3H3. The first kappa shape index (κ1) is 7.03. The fourth-order valence-corrected chi connectivity index (χ4v) is 1.02. The number of hydrogen-bond donors (Lipinski definition) is 1. The minimum Gasteiger partial charge on any atom is -0.359 e. The molecular weight excluding hydrogens is 114 g/mol. The first-order valence-electron chi connectivity index (χ1n) is 3.59. The summed E-state index contributed by atoms with van der Waals surface area (Å²) in [6, 6.07) is 0. The van der Waals surface area contributed by atoms with Crippen LogP contribution in [0.4, 0.5) is 0 Å². The second-order valence-corrected chi connectivity index (χ2v) is 3.02. The van der Waals surface area contributed by atoms with Crippen LogP contribution in [0.25, 0.3) is 0 Å². The molecule has 1 N–H and O–H groups in total. The van der Waals surface area contributed by atoms with E-state index in [1.807, 2.05) is 0 Å². The lowest BCUT2D eigenvalue weighted by Crippen LogP contribution is -2.27. The van der Waals surface area contributed by atoms with Crippen molar-refractivity contribution in [3.8, 4) is 0 Å². The molecule has 0 spiro atoms. The van der Waals surface area contributed by atoms with Gasteiger partial charge in [0.2, 0.25) is 0 Å². The van der Waals surface area contributed by atoms with E-state index < -0.39 is 0 Å². The van der Waals surface area contributed by atoms with Crippen LogP contribution >= 0.6 is 0 Å². The molecule has 1 rings (SSSR count). The van der Waals surface area contributed by atoms with Crippen molar-refractivity contribution in [2.75, 3.05) is 6.54 Å². The van der Waals surface area contributed by atoms with Crippen molar-refractivity contribution in [2.24, 2.45) is 5.92 Å². The van der Waals surface area contributed by atoms with E-state index in [4.69, 9.17) is 4.74 Å². The molecule has 0 aromatic rings. The third-order valence-electron chi connectivity index (χ3n) is 1.59.